The molecule has 0 bridgehead atoms. The Bertz CT molecular complexity index is 493. The van der Waals surface area contributed by atoms with Crippen LogP contribution >= 0.6 is 15.9 Å². The van der Waals surface area contributed by atoms with Crippen LogP contribution < -0.4 is 0 Å². The van der Waals surface area contributed by atoms with Crippen LogP contribution in [0.15, 0.2) is 16.6 Å². The molecule has 2 rings (SSSR count). The highest BCUT2D eigenvalue weighted by Crippen LogP contribution is 2.38. The molecule has 1 aliphatic rings. The Morgan fingerprint density at radius 3 is 2.63 bits per heavy atom. The summed E-state index contributed by atoms with van der Waals surface area (Å²) in [5.74, 6) is -1.58. The standard InChI is InChI=1S/C14H15BrF2O2/c1-19-14(5-2-6-14)8-9(18)7-10-12(16)4-3-11(15)13(10)17/h3-4H,2,5-8H2,1H3. The molecule has 2 nitrogen and oxygen atoms in total. The molecule has 0 amide bonds. The maximum Gasteiger partial charge on any atom is 0.143 e. The maximum absolute atomic E-state index is 13.8. The second kappa shape index (κ2) is 5.67. The van der Waals surface area contributed by atoms with Crippen molar-refractivity contribution >= 4 is 21.7 Å². The molecule has 0 aromatic heterocycles. The summed E-state index contributed by atoms with van der Waals surface area (Å²) in [6.07, 6.45) is 2.68. The second-order valence-corrected chi connectivity index (χ2v) is 5.81. The van der Waals surface area contributed by atoms with Crippen molar-refractivity contribution in [3.63, 3.8) is 0 Å². The summed E-state index contributed by atoms with van der Waals surface area (Å²) >= 11 is 2.99. The summed E-state index contributed by atoms with van der Waals surface area (Å²) in [5, 5.41) is 0. The molecule has 104 valence electrons. The van der Waals surface area contributed by atoms with Crippen LogP contribution in [0.4, 0.5) is 8.78 Å². The van der Waals surface area contributed by atoms with Crippen LogP contribution in [-0.2, 0) is 16.0 Å². The monoisotopic (exact) mass is 332 g/mol. The molecule has 1 aliphatic carbocycles. The lowest BCUT2D eigenvalue weighted by Crippen LogP contribution is -2.41. The molecule has 1 saturated carbocycles. The van der Waals surface area contributed by atoms with E-state index in [9.17, 15) is 13.6 Å². The van der Waals surface area contributed by atoms with Gasteiger partial charge in [0.25, 0.3) is 0 Å². The number of Topliss-reactive ketones (excluding diaryl/α,β-unsaturated/α-hetero) is 1. The van der Waals surface area contributed by atoms with Gasteiger partial charge in [0.05, 0.1) is 10.1 Å². The van der Waals surface area contributed by atoms with Gasteiger partial charge in [-0.3, -0.25) is 4.79 Å². The van der Waals surface area contributed by atoms with Gasteiger partial charge in [0.1, 0.15) is 17.4 Å². The molecular weight excluding hydrogens is 318 g/mol. The lowest BCUT2D eigenvalue weighted by Gasteiger charge is -2.40. The largest absolute Gasteiger partial charge is 0.378 e. The molecule has 0 saturated heterocycles. The van der Waals surface area contributed by atoms with Gasteiger partial charge < -0.3 is 4.74 Å². The number of carbonyl (C=O) groups excluding carboxylic acids is 1. The number of ketones is 1. The first-order valence-corrected chi connectivity index (χ1v) is 6.96. The predicted octanol–water partition coefficient (Wildman–Crippen LogP) is 3.80. The van der Waals surface area contributed by atoms with Gasteiger partial charge >= 0.3 is 0 Å². The van der Waals surface area contributed by atoms with Crippen molar-refractivity contribution in [2.45, 2.75) is 37.7 Å². The Morgan fingerprint density at radius 2 is 2.11 bits per heavy atom. The van der Waals surface area contributed by atoms with Gasteiger partial charge in [0.15, 0.2) is 0 Å². The highest BCUT2D eigenvalue weighted by Gasteiger charge is 2.39. The Kier molecular flexibility index (Phi) is 4.36. The molecule has 0 spiro atoms. The minimum Gasteiger partial charge on any atom is -0.378 e. The number of methoxy groups -OCH3 is 1. The minimum absolute atomic E-state index is 0.168. The van der Waals surface area contributed by atoms with E-state index in [0.29, 0.717) is 0 Å². The fraction of sp³-hybridized carbons (Fsp3) is 0.500. The Labute approximate surface area is 119 Å². The van der Waals surface area contributed by atoms with E-state index in [1.807, 2.05) is 0 Å². The fourth-order valence-electron chi connectivity index (χ4n) is 2.37. The summed E-state index contributed by atoms with van der Waals surface area (Å²) in [6, 6.07) is 2.45. The normalized spacial score (nSPS) is 17.1. The van der Waals surface area contributed by atoms with Crippen LogP contribution in [0, 0.1) is 11.6 Å². The summed E-state index contributed by atoms with van der Waals surface area (Å²) in [5.41, 5.74) is -0.583. The third kappa shape index (κ3) is 3.03. The van der Waals surface area contributed by atoms with Crippen LogP contribution in [0.5, 0.6) is 0 Å². The number of hydrogen-bond donors (Lipinski definition) is 0. The van der Waals surface area contributed by atoms with Crippen molar-refractivity contribution in [3.8, 4) is 0 Å². The minimum atomic E-state index is -0.701. The summed E-state index contributed by atoms with van der Waals surface area (Å²) in [4.78, 5) is 12.0. The van der Waals surface area contributed by atoms with E-state index in [4.69, 9.17) is 4.74 Å². The summed E-state index contributed by atoms with van der Waals surface area (Å²) < 4.78 is 32.8. The van der Waals surface area contributed by atoms with E-state index in [1.165, 1.54) is 6.07 Å². The zero-order chi connectivity index (χ0) is 14.0. The van der Waals surface area contributed by atoms with Crippen molar-refractivity contribution in [1.29, 1.82) is 0 Å². The maximum atomic E-state index is 13.8. The van der Waals surface area contributed by atoms with Crippen molar-refractivity contribution in [2.24, 2.45) is 0 Å². The third-order valence-corrected chi connectivity index (χ3v) is 4.34. The number of rotatable bonds is 5. The molecule has 19 heavy (non-hydrogen) atoms. The van der Waals surface area contributed by atoms with E-state index < -0.39 is 17.2 Å². The highest BCUT2D eigenvalue weighted by molar-refractivity contribution is 9.10. The Hall–Kier alpha value is -0.810. The molecule has 0 radical (unpaired) electrons. The average Bonchev–Trinajstić information content (AvgIpc) is 2.34. The Morgan fingerprint density at radius 1 is 1.42 bits per heavy atom. The fourth-order valence-corrected chi connectivity index (χ4v) is 2.75. The molecule has 5 heteroatoms. The molecule has 1 aromatic rings. The van der Waals surface area contributed by atoms with Crippen LogP contribution in [0.1, 0.15) is 31.2 Å². The molecule has 1 fully saturated rings. The summed E-state index contributed by atoms with van der Waals surface area (Å²) in [7, 11) is 1.58. The van der Waals surface area contributed by atoms with Crippen LogP contribution in [-0.4, -0.2) is 18.5 Å². The first-order chi connectivity index (χ1) is 8.97. The Balaban J connectivity index is 2.09. The van der Waals surface area contributed by atoms with Gasteiger partial charge in [-0.2, -0.15) is 0 Å². The number of carbonyl (C=O) groups is 1. The van der Waals surface area contributed by atoms with Gasteiger partial charge in [-0.25, -0.2) is 8.78 Å². The number of ether oxygens (including phenoxy) is 1. The topological polar surface area (TPSA) is 26.3 Å². The molecule has 1 aromatic carbocycles. The smallest absolute Gasteiger partial charge is 0.143 e. The first-order valence-electron chi connectivity index (χ1n) is 6.17. The molecule has 0 aliphatic heterocycles. The quantitative estimate of drug-likeness (QED) is 0.766. The van der Waals surface area contributed by atoms with Gasteiger partial charge in [0, 0.05) is 25.5 Å². The summed E-state index contributed by atoms with van der Waals surface area (Å²) in [6.45, 7) is 0. The van der Waals surface area contributed by atoms with Gasteiger partial charge in [-0.05, 0) is 47.3 Å². The molecule has 0 heterocycles. The average molecular weight is 333 g/mol. The second-order valence-electron chi connectivity index (χ2n) is 4.95. The van der Waals surface area contributed by atoms with Crippen molar-refractivity contribution in [1.82, 2.24) is 0 Å². The number of halogens is 3. The van der Waals surface area contributed by atoms with Crippen molar-refractivity contribution < 1.29 is 18.3 Å². The van der Waals surface area contributed by atoms with Gasteiger partial charge in [-0.1, -0.05) is 0 Å². The van der Waals surface area contributed by atoms with E-state index in [-0.39, 0.29) is 28.7 Å². The predicted molar refractivity (Wildman–Crippen MR) is 71.0 cm³/mol. The van der Waals surface area contributed by atoms with E-state index in [0.717, 1.165) is 25.3 Å². The first kappa shape index (κ1) is 14.6. The van der Waals surface area contributed by atoms with E-state index in [1.54, 1.807) is 7.11 Å². The molecule has 0 N–H and O–H groups in total. The van der Waals surface area contributed by atoms with E-state index in [2.05, 4.69) is 15.9 Å². The number of benzene rings is 1. The number of hydrogen-bond acceptors (Lipinski definition) is 2. The molecular formula is C14H15BrF2O2. The highest BCUT2D eigenvalue weighted by atomic mass is 79.9. The SMILES string of the molecule is COC1(CC(=O)Cc2c(F)ccc(Br)c2F)CCC1. The molecule has 0 atom stereocenters. The van der Waals surface area contributed by atoms with Crippen molar-refractivity contribution in [2.75, 3.05) is 7.11 Å². The van der Waals surface area contributed by atoms with Crippen LogP contribution in [0.3, 0.4) is 0 Å². The lowest BCUT2D eigenvalue weighted by atomic mass is 9.76. The van der Waals surface area contributed by atoms with Crippen LogP contribution in [0.25, 0.3) is 0 Å². The zero-order valence-corrected chi connectivity index (χ0v) is 12.2. The lowest BCUT2D eigenvalue weighted by molar-refractivity contribution is -0.131. The third-order valence-electron chi connectivity index (χ3n) is 3.73. The molecule has 0 unspecified atom stereocenters. The van der Waals surface area contributed by atoms with Gasteiger partial charge in [-0.15, -0.1) is 0 Å². The van der Waals surface area contributed by atoms with Gasteiger partial charge in [0.2, 0.25) is 0 Å². The van der Waals surface area contributed by atoms with Crippen LogP contribution in [0.2, 0.25) is 0 Å². The zero-order valence-electron chi connectivity index (χ0n) is 10.6. The van der Waals surface area contributed by atoms with E-state index >= 15 is 0 Å². The van der Waals surface area contributed by atoms with Crippen molar-refractivity contribution in [3.05, 3.63) is 33.8 Å².